The van der Waals surface area contributed by atoms with Gasteiger partial charge in [0.2, 0.25) is 0 Å². The molecule has 1 fully saturated rings. The number of sulfonamides is 1. The summed E-state index contributed by atoms with van der Waals surface area (Å²) >= 11 is 11.9. The Balaban J connectivity index is 1.85. The molecular weight excluding hydrogens is 445 g/mol. The second-order valence-corrected chi connectivity index (χ2v) is 9.81. The lowest BCUT2D eigenvalue weighted by atomic mass is 10.2. The van der Waals surface area contributed by atoms with Crippen molar-refractivity contribution in [2.45, 2.75) is 43.4 Å². The van der Waals surface area contributed by atoms with Crippen LogP contribution in [0, 0.1) is 0 Å². The second-order valence-electron chi connectivity index (χ2n) is 7.07. The number of hydrazone groups is 1. The number of nitrogens with one attached hydrogen (secondary N) is 1. The van der Waals surface area contributed by atoms with Gasteiger partial charge in [-0.2, -0.15) is 5.10 Å². The van der Waals surface area contributed by atoms with Crippen molar-refractivity contribution < 1.29 is 13.2 Å². The fourth-order valence-corrected chi connectivity index (χ4v) is 4.96. The van der Waals surface area contributed by atoms with Gasteiger partial charge in [0, 0.05) is 15.8 Å². The monoisotopic (exact) mass is 467 g/mol. The number of nitrogens with zero attached hydrogens (tertiary/aromatic N) is 2. The molecule has 0 spiro atoms. The van der Waals surface area contributed by atoms with Gasteiger partial charge in [-0.05, 0) is 68.1 Å². The highest BCUT2D eigenvalue weighted by Gasteiger charge is 2.27. The molecule has 0 unspecified atom stereocenters. The number of carbonyl (C=O) groups excluding carboxylic acids is 1. The maximum atomic E-state index is 13.3. The number of carbonyl (C=O) groups is 1. The topological polar surface area (TPSA) is 78.8 Å². The molecule has 6 nitrogen and oxygen atoms in total. The van der Waals surface area contributed by atoms with Crippen LogP contribution in [0.25, 0.3) is 0 Å². The van der Waals surface area contributed by atoms with Crippen LogP contribution in [-0.2, 0) is 14.8 Å². The lowest BCUT2D eigenvalue weighted by molar-refractivity contribution is -0.119. The Bertz CT molecular complexity index is 1010. The van der Waals surface area contributed by atoms with Crippen molar-refractivity contribution >= 4 is 50.5 Å². The molecule has 0 atom stereocenters. The lowest BCUT2D eigenvalue weighted by Gasteiger charge is -2.24. The standard InChI is InChI=1S/C21H23Cl2N3O3S/c22-16-10-12-20(13-11-16)30(28,29)26(19-9-5-6-17(23)14-19)15-21(27)25-24-18-7-3-1-2-4-8-18/h5-6,9-14H,1-4,7-8,15H2,(H,25,27). The normalized spacial score (nSPS) is 14.7. The first-order valence-electron chi connectivity index (χ1n) is 9.74. The van der Waals surface area contributed by atoms with Crippen LogP contribution in [0.2, 0.25) is 10.0 Å². The molecule has 2 aromatic carbocycles. The molecule has 1 amide bonds. The van der Waals surface area contributed by atoms with Crippen LogP contribution in [0.3, 0.4) is 0 Å². The molecule has 0 bridgehead atoms. The van der Waals surface area contributed by atoms with E-state index in [9.17, 15) is 13.2 Å². The first-order valence-corrected chi connectivity index (χ1v) is 11.9. The van der Waals surface area contributed by atoms with E-state index in [2.05, 4.69) is 10.5 Å². The van der Waals surface area contributed by atoms with Crippen molar-refractivity contribution in [1.29, 1.82) is 0 Å². The van der Waals surface area contributed by atoms with Gasteiger partial charge in [-0.1, -0.05) is 42.1 Å². The third-order valence-electron chi connectivity index (χ3n) is 4.80. The summed E-state index contributed by atoms with van der Waals surface area (Å²) in [4.78, 5) is 12.6. The minimum atomic E-state index is -4.02. The Labute approximate surface area is 186 Å². The van der Waals surface area contributed by atoms with E-state index in [1.165, 1.54) is 30.3 Å². The minimum Gasteiger partial charge on any atom is -0.271 e. The van der Waals surface area contributed by atoms with Gasteiger partial charge in [0.05, 0.1) is 10.6 Å². The Morgan fingerprint density at radius 3 is 2.27 bits per heavy atom. The molecule has 0 aliphatic heterocycles. The minimum absolute atomic E-state index is 0.0229. The lowest BCUT2D eigenvalue weighted by Crippen LogP contribution is -2.39. The summed E-state index contributed by atoms with van der Waals surface area (Å²) in [5.41, 5.74) is 3.74. The Kier molecular flexibility index (Phi) is 7.75. The number of hydrogen-bond acceptors (Lipinski definition) is 4. The number of hydrogen-bond donors (Lipinski definition) is 1. The average Bonchev–Trinajstić information content (AvgIpc) is 2.99. The van der Waals surface area contributed by atoms with Crippen molar-refractivity contribution in [2.75, 3.05) is 10.8 Å². The van der Waals surface area contributed by atoms with Crippen molar-refractivity contribution in [3.63, 3.8) is 0 Å². The van der Waals surface area contributed by atoms with Crippen LogP contribution in [0.5, 0.6) is 0 Å². The van der Waals surface area contributed by atoms with Crippen molar-refractivity contribution in [2.24, 2.45) is 5.10 Å². The van der Waals surface area contributed by atoms with E-state index in [1.54, 1.807) is 18.2 Å². The maximum Gasteiger partial charge on any atom is 0.264 e. The predicted octanol–water partition coefficient (Wildman–Crippen LogP) is 5.02. The van der Waals surface area contributed by atoms with Crippen LogP contribution in [-0.4, -0.2) is 26.6 Å². The van der Waals surface area contributed by atoms with E-state index >= 15 is 0 Å². The van der Waals surface area contributed by atoms with E-state index in [1.807, 2.05) is 0 Å². The molecule has 0 radical (unpaired) electrons. The summed E-state index contributed by atoms with van der Waals surface area (Å²) < 4.78 is 27.6. The van der Waals surface area contributed by atoms with Crippen LogP contribution in [0.4, 0.5) is 5.69 Å². The van der Waals surface area contributed by atoms with Gasteiger partial charge in [-0.3, -0.25) is 9.10 Å². The number of amides is 1. The van der Waals surface area contributed by atoms with Gasteiger partial charge >= 0.3 is 0 Å². The third kappa shape index (κ3) is 5.97. The van der Waals surface area contributed by atoms with Crippen molar-refractivity contribution in [1.82, 2.24) is 5.43 Å². The third-order valence-corrected chi connectivity index (χ3v) is 7.08. The first-order chi connectivity index (χ1) is 14.4. The molecule has 160 valence electrons. The highest BCUT2D eigenvalue weighted by molar-refractivity contribution is 7.92. The Morgan fingerprint density at radius 2 is 1.63 bits per heavy atom. The Hall–Kier alpha value is -2.09. The largest absolute Gasteiger partial charge is 0.271 e. The SMILES string of the molecule is O=C(CN(c1cccc(Cl)c1)S(=O)(=O)c1ccc(Cl)cc1)NN=C1CCCCCC1. The average molecular weight is 468 g/mol. The first kappa shape index (κ1) is 22.6. The summed E-state index contributed by atoms with van der Waals surface area (Å²) in [6.45, 7) is -0.428. The summed E-state index contributed by atoms with van der Waals surface area (Å²) in [7, 11) is -4.02. The summed E-state index contributed by atoms with van der Waals surface area (Å²) in [6.07, 6.45) is 6.12. The van der Waals surface area contributed by atoms with Crippen molar-refractivity contribution in [3.8, 4) is 0 Å². The summed E-state index contributed by atoms with van der Waals surface area (Å²) in [5, 5.41) is 5.01. The fraction of sp³-hybridized carbons (Fsp3) is 0.333. The van der Waals surface area contributed by atoms with Crippen molar-refractivity contribution in [3.05, 3.63) is 58.6 Å². The van der Waals surface area contributed by atoms with Crippen LogP contribution in [0.1, 0.15) is 38.5 Å². The van der Waals surface area contributed by atoms with Crippen LogP contribution < -0.4 is 9.73 Å². The number of benzene rings is 2. The summed E-state index contributed by atoms with van der Waals surface area (Å²) in [6, 6.07) is 12.1. The maximum absolute atomic E-state index is 13.3. The molecule has 0 aromatic heterocycles. The molecule has 1 aliphatic carbocycles. The fourth-order valence-electron chi connectivity index (χ4n) is 3.24. The van der Waals surface area contributed by atoms with E-state index in [-0.39, 0.29) is 10.6 Å². The van der Waals surface area contributed by atoms with Gasteiger partial charge in [0.25, 0.3) is 15.9 Å². The molecule has 30 heavy (non-hydrogen) atoms. The smallest absolute Gasteiger partial charge is 0.264 e. The van der Waals surface area contributed by atoms with Gasteiger partial charge in [0.15, 0.2) is 0 Å². The van der Waals surface area contributed by atoms with Gasteiger partial charge in [-0.15, -0.1) is 0 Å². The number of anilines is 1. The number of halogens is 2. The quantitative estimate of drug-likeness (QED) is 0.478. The zero-order valence-corrected chi connectivity index (χ0v) is 18.7. The van der Waals surface area contributed by atoms with E-state index < -0.39 is 22.5 Å². The zero-order valence-electron chi connectivity index (χ0n) is 16.4. The molecule has 0 saturated heterocycles. The molecular formula is C21H23Cl2N3O3S. The van der Waals surface area contributed by atoms with Gasteiger partial charge < -0.3 is 0 Å². The van der Waals surface area contributed by atoms with E-state index in [4.69, 9.17) is 23.2 Å². The molecule has 1 saturated carbocycles. The number of rotatable bonds is 6. The molecule has 9 heteroatoms. The van der Waals surface area contributed by atoms with Gasteiger partial charge in [-0.25, -0.2) is 13.8 Å². The predicted molar refractivity (Wildman–Crippen MR) is 121 cm³/mol. The van der Waals surface area contributed by atoms with Gasteiger partial charge in [0.1, 0.15) is 6.54 Å². The molecule has 1 aliphatic rings. The molecule has 0 heterocycles. The highest BCUT2D eigenvalue weighted by Crippen LogP contribution is 2.26. The van der Waals surface area contributed by atoms with E-state index in [0.717, 1.165) is 48.5 Å². The zero-order chi connectivity index (χ0) is 21.6. The molecule has 2 aromatic rings. The summed E-state index contributed by atoms with van der Waals surface area (Å²) in [5.74, 6) is -0.524. The van der Waals surface area contributed by atoms with Crippen LogP contribution in [0.15, 0.2) is 58.5 Å². The Morgan fingerprint density at radius 1 is 0.967 bits per heavy atom. The highest BCUT2D eigenvalue weighted by atomic mass is 35.5. The van der Waals surface area contributed by atoms with Crippen LogP contribution >= 0.6 is 23.2 Å². The second kappa shape index (κ2) is 10.3. The van der Waals surface area contributed by atoms with E-state index in [0.29, 0.717) is 10.0 Å². The molecule has 3 rings (SSSR count). The molecule has 1 N–H and O–H groups in total.